The standard InChI is InChI=1S/C10H17NO3/c1-5-7-11-10(6-2,8-13-3)9(12)14-4/h1,11H,6-8H2,2-4H3. The maximum atomic E-state index is 11.5. The fourth-order valence-corrected chi connectivity index (χ4v) is 1.22. The van der Waals surface area contributed by atoms with Crippen molar-refractivity contribution in [3.05, 3.63) is 0 Å². The second kappa shape index (κ2) is 6.41. The van der Waals surface area contributed by atoms with E-state index >= 15 is 0 Å². The van der Waals surface area contributed by atoms with Gasteiger partial charge < -0.3 is 9.47 Å². The Labute approximate surface area is 85.0 Å². The van der Waals surface area contributed by atoms with E-state index < -0.39 is 5.54 Å². The van der Waals surface area contributed by atoms with E-state index in [2.05, 4.69) is 11.2 Å². The SMILES string of the molecule is C#CCNC(CC)(COC)C(=O)OC. The molecule has 0 saturated heterocycles. The summed E-state index contributed by atoms with van der Waals surface area (Å²) in [6, 6.07) is 0. The minimum Gasteiger partial charge on any atom is -0.468 e. The zero-order chi connectivity index (χ0) is 11.0. The average Bonchev–Trinajstić information content (AvgIpc) is 2.23. The highest BCUT2D eigenvalue weighted by Crippen LogP contribution is 2.12. The van der Waals surface area contributed by atoms with E-state index in [-0.39, 0.29) is 12.6 Å². The zero-order valence-electron chi connectivity index (χ0n) is 8.92. The third-order valence-electron chi connectivity index (χ3n) is 2.10. The number of terminal acetylenes is 1. The summed E-state index contributed by atoms with van der Waals surface area (Å²) in [5.74, 6) is 2.07. The Balaban J connectivity index is 4.60. The van der Waals surface area contributed by atoms with E-state index in [1.165, 1.54) is 14.2 Å². The minimum atomic E-state index is -0.824. The van der Waals surface area contributed by atoms with Crippen LogP contribution in [0, 0.1) is 12.3 Å². The van der Waals surface area contributed by atoms with Crippen LogP contribution in [-0.4, -0.2) is 38.9 Å². The molecule has 0 amide bonds. The van der Waals surface area contributed by atoms with Crippen molar-refractivity contribution in [2.24, 2.45) is 0 Å². The van der Waals surface area contributed by atoms with Crippen molar-refractivity contribution in [1.29, 1.82) is 0 Å². The molecule has 0 spiro atoms. The number of rotatable bonds is 6. The van der Waals surface area contributed by atoms with Crippen LogP contribution in [0.2, 0.25) is 0 Å². The third-order valence-corrected chi connectivity index (χ3v) is 2.10. The van der Waals surface area contributed by atoms with Crippen LogP contribution in [0.3, 0.4) is 0 Å². The van der Waals surface area contributed by atoms with Gasteiger partial charge in [-0.25, -0.2) is 4.79 Å². The Hall–Kier alpha value is -1.05. The van der Waals surface area contributed by atoms with Crippen LogP contribution in [0.25, 0.3) is 0 Å². The first kappa shape index (κ1) is 12.9. The van der Waals surface area contributed by atoms with Crippen LogP contribution < -0.4 is 5.32 Å². The normalized spacial score (nSPS) is 14.1. The molecule has 14 heavy (non-hydrogen) atoms. The molecule has 1 atom stereocenters. The van der Waals surface area contributed by atoms with Crippen LogP contribution in [-0.2, 0) is 14.3 Å². The second-order valence-electron chi connectivity index (χ2n) is 2.92. The summed E-state index contributed by atoms with van der Waals surface area (Å²) in [5, 5.41) is 2.95. The molecule has 0 aliphatic heterocycles. The first-order valence-corrected chi connectivity index (χ1v) is 4.42. The zero-order valence-corrected chi connectivity index (χ0v) is 8.92. The maximum Gasteiger partial charge on any atom is 0.328 e. The molecule has 0 fully saturated rings. The fourth-order valence-electron chi connectivity index (χ4n) is 1.22. The Kier molecular flexibility index (Phi) is 5.93. The van der Waals surface area contributed by atoms with E-state index in [0.29, 0.717) is 13.0 Å². The Bertz CT molecular complexity index is 222. The monoisotopic (exact) mass is 199 g/mol. The van der Waals surface area contributed by atoms with Gasteiger partial charge in [0.15, 0.2) is 0 Å². The lowest BCUT2D eigenvalue weighted by Gasteiger charge is -2.29. The molecule has 0 aliphatic rings. The number of methoxy groups -OCH3 is 2. The summed E-state index contributed by atoms with van der Waals surface area (Å²) in [5.41, 5.74) is -0.824. The van der Waals surface area contributed by atoms with Gasteiger partial charge in [-0.1, -0.05) is 12.8 Å². The van der Waals surface area contributed by atoms with Gasteiger partial charge in [0.2, 0.25) is 0 Å². The van der Waals surface area contributed by atoms with Crippen LogP contribution in [0.1, 0.15) is 13.3 Å². The highest BCUT2D eigenvalue weighted by molar-refractivity contribution is 5.81. The van der Waals surface area contributed by atoms with Gasteiger partial charge >= 0.3 is 5.97 Å². The summed E-state index contributed by atoms with van der Waals surface area (Å²) in [4.78, 5) is 11.5. The highest BCUT2D eigenvalue weighted by Gasteiger charge is 2.37. The molecule has 4 heteroatoms. The number of esters is 1. The topological polar surface area (TPSA) is 47.6 Å². The molecular formula is C10H17NO3. The van der Waals surface area contributed by atoms with Crippen molar-refractivity contribution >= 4 is 5.97 Å². The van der Waals surface area contributed by atoms with Crippen LogP contribution >= 0.6 is 0 Å². The van der Waals surface area contributed by atoms with Crippen molar-refractivity contribution in [2.75, 3.05) is 27.4 Å². The average molecular weight is 199 g/mol. The Morgan fingerprint density at radius 3 is 2.57 bits per heavy atom. The first-order valence-electron chi connectivity index (χ1n) is 4.42. The molecule has 0 heterocycles. The van der Waals surface area contributed by atoms with E-state index in [4.69, 9.17) is 15.9 Å². The molecule has 80 valence electrons. The molecule has 0 saturated carbocycles. The molecule has 0 aliphatic carbocycles. The van der Waals surface area contributed by atoms with E-state index in [1.807, 2.05) is 6.92 Å². The quantitative estimate of drug-likeness (QED) is 0.489. The lowest BCUT2D eigenvalue weighted by molar-refractivity contribution is -0.151. The van der Waals surface area contributed by atoms with Crippen LogP contribution in [0.15, 0.2) is 0 Å². The molecular weight excluding hydrogens is 182 g/mol. The van der Waals surface area contributed by atoms with E-state index in [9.17, 15) is 4.79 Å². The number of ether oxygens (including phenoxy) is 2. The van der Waals surface area contributed by atoms with E-state index in [1.54, 1.807) is 0 Å². The predicted octanol–water partition coefficient (Wildman–Crippen LogP) is 0.177. The number of carbonyl (C=O) groups excluding carboxylic acids is 1. The lowest BCUT2D eigenvalue weighted by atomic mass is 9.97. The smallest absolute Gasteiger partial charge is 0.328 e. The highest BCUT2D eigenvalue weighted by atomic mass is 16.5. The van der Waals surface area contributed by atoms with Gasteiger partial charge in [-0.05, 0) is 6.42 Å². The number of nitrogens with one attached hydrogen (secondary N) is 1. The van der Waals surface area contributed by atoms with Crippen molar-refractivity contribution in [3.63, 3.8) is 0 Å². The van der Waals surface area contributed by atoms with Gasteiger partial charge in [-0.2, -0.15) is 0 Å². The fraction of sp³-hybridized carbons (Fsp3) is 0.700. The Morgan fingerprint density at radius 1 is 1.57 bits per heavy atom. The van der Waals surface area contributed by atoms with Gasteiger partial charge in [0.25, 0.3) is 0 Å². The molecule has 1 N–H and O–H groups in total. The third kappa shape index (κ3) is 3.02. The molecule has 0 rings (SSSR count). The van der Waals surface area contributed by atoms with Gasteiger partial charge in [-0.3, -0.25) is 5.32 Å². The number of hydrogen-bond acceptors (Lipinski definition) is 4. The van der Waals surface area contributed by atoms with Gasteiger partial charge in [0, 0.05) is 7.11 Å². The first-order chi connectivity index (χ1) is 6.66. The second-order valence-corrected chi connectivity index (χ2v) is 2.92. The molecule has 4 nitrogen and oxygen atoms in total. The Morgan fingerprint density at radius 2 is 2.21 bits per heavy atom. The van der Waals surface area contributed by atoms with Crippen LogP contribution in [0.4, 0.5) is 0 Å². The van der Waals surface area contributed by atoms with Crippen molar-refractivity contribution in [3.8, 4) is 12.3 Å². The van der Waals surface area contributed by atoms with Gasteiger partial charge in [0.05, 0.1) is 20.3 Å². The van der Waals surface area contributed by atoms with E-state index in [0.717, 1.165) is 0 Å². The summed E-state index contributed by atoms with van der Waals surface area (Å²) in [7, 11) is 2.88. The lowest BCUT2D eigenvalue weighted by Crippen LogP contribution is -2.55. The molecule has 1 unspecified atom stereocenters. The molecule has 0 aromatic rings. The number of carbonyl (C=O) groups is 1. The largest absolute Gasteiger partial charge is 0.468 e. The van der Waals surface area contributed by atoms with Crippen molar-refractivity contribution in [1.82, 2.24) is 5.32 Å². The number of hydrogen-bond donors (Lipinski definition) is 1. The predicted molar refractivity (Wildman–Crippen MR) is 53.7 cm³/mol. The van der Waals surface area contributed by atoms with Gasteiger partial charge in [0.1, 0.15) is 5.54 Å². The summed E-state index contributed by atoms with van der Waals surface area (Å²) in [6.45, 7) is 2.43. The summed E-state index contributed by atoms with van der Waals surface area (Å²) in [6.07, 6.45) is 5.69. The van der Waals surface area contributed by atoms with Gasteiger partial charge in [-0.15, -0.1) is 6.42 Å². The van der Waals surface area contributed by atoms with Crippen molar-refractivity contribution in [2.45, 2.75) is 18.9 Å². The molecule has 0 radical (unpaired) electrons. The molecule has 0 aromatic heterocycles. The summed E-state index contributed by atoms with van der Waals surface area (Å²) >= 11 is 0. The van der Waals surface area contributed by atoms with Crippen LogP contribution in [0.5, 0.6) is 0 Å². The maximum absolute atomic E-state index is 11.5. The molecule has 0 aromatic carbocycles. The molecule has 0 bridgehead atoms. The minimum absolute atomic E-state index is 0.248. The van der Waals surface area contributed by atoms with Crippen molar-refractivity contribution < 1.29 is 14.3 Å². The summed E-state index contributed by atoms with van der Waals surface area (Å²) < 4.78 is 9.69.